The van der Waals surface area contributed by atoms with Gasteiger partial charge in [0.2, 0.25) is 0 Å². The Morgan fingerprint density at radius 2 is 1.70 bits per heavy atom. The van der Waals surface area contributed by atoms with Crippen LogP contribution in [0.25, 0.3) is 6.08 Å². The van der Waals surface area contributed by atoms with Crippen molar-refractivity contribution in [3.8, 4) is 11.5 Å². The third-order valence-corrected chi connectivity index (χ3v) is 3.70. The van der Waals surface area contributed by atoms with Crippen LogP contribution in [0.15, 0.2) is 48.5 Å². The fraction of sp³-hybridized carbons (Fsp3) is 0.250. The third-order valence-electron chi connectivity index (χ3n) is 3.70. The number of ether oxygens (including phenoxy) is 2. The molecule has 2 aromatic rings. The number of allylic oxidation sites excluding steroid dienone is 1. The van der Waals surface area contributed by atoms with Crippen molar-refractivity contribution >= 4 is 11.9 Å². The summed E-state index contributed by atoms with van der Waals surface area (Å²) in [4.78, 5) is 12.4. The Morgan fingerprint density at radius 3 is 2.26 bits per heavy atom. The molecule has 3 nitrogen and oxygen atoms in total. The Labute approximate surface area is 137 Å². The lowest BCUT2D eigenvalue weighted by Gasteiger charge is -2.08. The van der Waals surface area contributed by atoms with E-state index in [0.717, 1.165) is 5.56 Å². The number of benzene rings is 2. The van der Waals surface area contributed by atoms with E-state index in [2.05, 4.69) is 26.0 Å². The first-order valence-corrected chi connectivity index (χ1v) is 7.59. The predicted octanol–water partition coefficient (Wildman–Crippen LogP) is 4.72. The standard InChI is InChI=1S/C20H22O3/c1-14(2)16-8-5-15(6-9-16)7-11-19(21)18-13-17(22-3)10-12-20(18)23-4/h5-14H,1-4H3. The first-order chi connectivity index (χ1) is 11.0. The molecule has 3 heteroatoms. The molecular weight excluding hydrogens is 288 g/mol. The highest BCUT2D eigenvalue weighted by molar-refractivity contribution is 6.08. The van der Waals surface area contributed by atoms with Crippen molar-refractivity contribution in [2.24, 2.45) is 0 Å². The molecule has 120 valence electrons. The van der Waals surface area contributed by atoms with E-state index in [1.165, 1.54) is 5.56 Å². The number of hydrogen-bond donors (Lipinski definition) is 0. The van der Waals surface area contributed by atoms with E-state index in [1.807, 2.05) is 18.2 Å². The fourth-order valence-corrected chi connectivity index (χ4v) is 2.26. The second kappa shape index (κ2) is 7.63. The SMILES string of the molecule is COc1ccc(OC)c(C(=O)C=Cc2ccc(C(C)C)cc2)c1. The quantitative estimate of drug-likeness (QED) is 0.572. The van der Waals surface area contributed by atoms with E-state index in [-0.39, 0.29) is 5.78 Å². The number of carbonyl (C=O) groups is 1. The van der Waals surface area contributed by atoms with Crippen LogP contribution in [0.4, 0.5) is 0 Å². The summed E-state index contributed by atoms with van der Waals surface area (Å²) >= 11 is 0. The molecule has 0 bridgehead atoms. The molecule has 2 aromatic carbocycles. The molecule has 0 amide bonds. The van der Waals surface area contributed by atoms with Crippen LogP contribution >= 0.6 is 0 Å². The van der Waals surface area contributed by atoms with Crippen LogP contribution in [-0.2, 0) is 0 Å². The van der Waals surface area contributed by atoms with Crippen LogP contribution in [0, 0.1) is 0 Å². The van der Waals surface area contributed by atoms with Crippen molar-refractivity contribution in [3.63, 3.8) is 0 Å². The van der Waals surface area contributed by atoms with E-state index in [1.54, 1.807) is 38.5 Å². The predicted molar refractivity (Wildman–Crippen MR) is 93.4 cm³/mol. The molecular formula is C20H22O3. The average Bonchev–Trinajstić information content (AvgIpc) is 2.59. The highest BCUT2D eigenvalue weighted by Gasteiger charge is 2.11. The van der Waals surface area contributed by atoms with E-state index in [9.17, 15) is 4.79 Å². The Bertz CT molecular complexity index is 697. The summed E-state index contributed by atoms with van der Waals surface area (Å²) in [6, 6.07) is 13.4. The summed E-state index contributed by atoms with van der Waals surface area (Å²) in [7, 11) is 3.12. The topological polar surface area (TPSA) is 35.5 Å². The minimum Gasteiger partial charge on any atom is -0.497 e. The zero-order chi connectivity index (χ0) is 16.8. The third kappa shape index (κ3) is 4.22. The molecule has 0 aliphatic heterocycles. The van der Waals surface area contributed by atoms with Gasteiger partial charge in [0.25, 0.3) is 0 Å². The molecule has 0 saturated heterocycles. The van der Waals surface area contributed by atoms with Gasteiger partial charge in [0, 0.05) is 0 Å². The van der Waals surface area contributed by atoms with Gasteiger partial charge in [-0.3, -0.25) is 4.79 Å². The fourth-order valence-electron chi connectivity index (χ4n) is 2.26. The van der Waals surface area contributed by atoms with Gasteiger partial charge in [0.05, 0.1) is 19.8 Å². The molecule has 23 heavy (non-hydrogen) atoms. The lowest BCUT2D eigenvalue weighted by atomic mass is 10.0. The molecule has 2 rings (SSSR count). The molecule has 0 aliphatic rings. The average molecular weight is 310 g/mol. The summed E-state index contributed by atoms with van der Waals surface area (Å²) in [5, 5.41) is 0. The summed E-state index contributed by atoms with van der Waals surface area (Å²) in [6.07, 6.45) is 3.37. The van der Waals surface area contributed by atoms with Crippen LogP contribution in [0.2, 0.25) is 0 Å². The van der Waals surface area contributed by atoms with Crippen LogP contribution in [0.5, 0.6) is 11.5 Å². The van der Waals surface area contributed by atoms with Gasteiger partial charge in [-0.25, -0.2) is 0 Å². The highest BCUT2D eigenvalue weighted by atomic mass is 16.5. The first-order valence-electron chi connectivity index (χ1n) is 7.59. The van der Waals surface area contributed by atoms with E-state index >= 15 is 0 Å². The Kier molecular flexibility index (Phi) is 5.58. The molecule has 0 spiro atoms. The van der Waals surface area contributed by atoms with Crippen molar-refractivity contribution in [1.82, 2.24) is 0 Å². The van der Waals surface area contributed by atoms with Gasteiger partial charge in [-0.05, 0) is 41.3 Å². The molecule has 0 aromatic heterocycles. The molecule has 0 saturated carbocycles. The number of rotatable bonds is 6. The van der Waals surface area contributed by atoms with Crippen molar-refractivity contribution in [2.45, 2.75) is 19.8 Å². The number of carbonyl (C=O) groups excluding carboxylic acids is 1. The van der Waals surface area contributed by atoms with Gasteiger partial charge in [-0.2, -0.15) is 0 Å². The second-order valence-corrected chi connectivity index (χ2v) is 5.59. The Hall–Kier alpha value is -2.55. The smallest absolute Gasteiger partial charge is 0.189 e. The second-order valence-electron chi connectivity index (χ2n) is 5.59. The maximum Gasteiger partial charge on any atom is 0.189 e. The van der Waals surface area contributed by atoms with Crippen molar-refractivity contribution in [3.05, 3.63) is 65.2 Å². The minimum absolute atomic E-state index is 0.117. The molecule has 0 atom stereocenters. The monoisotopic (exact) mass is 310 g/mol. The summed E-state index contributed by atoms with van der Waals surface area (Å²) < 4.78 is 10.4. The van der Waals surface area contributed by atoms with E-state index in [0.29, 0.717) is 23.0 Å². The van der Waals surface area contributed by atoms with Gasteiger partial charge in [0.1, 0.15) is 11.5 Å². The van der Waals surface area contributed by atoms with E-state index in [4.69, 9.17) is 9.47 Å². The van der Waals surface area contributed by atoms with Gasteiger partial charge in [-0.15, -0.1) is 0 Å². The zero-order valence-electron chi connectivity index (χ0n) is 14.0. The maximum absolute atomic E-state index is 12.4. The van der Waals surface area contributed by atoms with Gasteiger partial charge in [-0.1, -0.05) is 44.2 Å². The molecule has 0 heterocycles. The molecule has 0 radical (unpaired) electrons. The highest BCUT2D eigenvalue weighted by Crippen LogP contribution is 2.25. The molecule has 0 fully saturated rings. The van der Waals surface area contributed by atoms with Crippen molar-refractivity contribution in [2.75, 3.05) is 14.2 Å². The molecule has 0 aliphatic carbocycles. The summed E-state index contributed by atoms with van der Waals surface area (Å²) in [5.41, 5.74) is 2.76. The largest absolute Gasteiger partial charge is 0.497 e. The number of methoxy groups -OCH3 is 2. The lowest BCUT2D eigenvalue weighted by molar-refractivity contribution is 0.104. The number of hydrogen-bond acceptors (Lipinski definition) is 3. The minimum atomic E-state index is -0.117. The molecule has 0 N–H and O–H groups in total. The van der Waals surface area contributed by atoms with Gasteiger partial charge < -0.3 is 9.47 Å². The normalized spacial score (nSPS) is 11.0. The van der Waals surface area contributed by atoms with Crippen LogP contribution in [0.1, 0.15) is 41.3 Å². The van der Waals surface area contributed by atoms with E-state index < -0.39 is 0 Å². The van der Waals surface area contributed by atoms with Crippen LogP contribution in [0.3, 0.4) is 0 Å². The summed E-state index contributed by atoms with van der Waals surface area (Å²) in [5.74, 6) is 1.55. The van der Waals surface area contributed by atoms with Crippen LogP contribution in [-0.4, -0.2) is 20.0 Å². The van der Waals surface area contributed by atoms with Gasteiger partial charge >= 0.3 is 0 Å². The number of ketones is 1. The van der Waals surface area contributed by atoms with Crippen molar-refractivity contribution < 1.29 is 14.3 Å². The Balaban J connectivity index is 2.21. The lowest BCUT2D eigenvalue weighted by Crippen LogP contribution is -1.99. The maximum atomic E-state index is 12.4. The molecule has 0 unspecified atom stereocenters. The summed E-state index contributed by atoms with van der Waals surface area (Å²) in [6.45, 7) is 4.31. The van der Waals surface area contributed by atoms with Crippen LogP contribution < -0.4 is 9.47 Å². The van der Waals surface area contributed by atoms with Gasteiger partial charge in [0.15, 0.2) is 5.78 Å². The Morgan fingerprint density at radius 1 is 1.00 bits per heavy atom. The first kappa shape index (κ1) is 16.8. The zero-order valence-corrected chi connectivity index (χ0v) is 14.0. The van der Waals surface area contributed by atoms with Crippen molar-refractivity contribution in [1.29, 1.82) is 0 Å².